The first-order valence-electron chi connectivity index (χ1n) is 22.0. The van der Waals surface area contributed by atoms with Crippen molar-refractivity contribution in [1.29, 1.82) is 0 Å². The van der Waals surface area contributed by atoms with E-state index < -0.39 is 0 Å². The van der Waals surface area contributed by atoms with Gasteiger partial charge in [0.05, 0.1) is 0 Å². The van der Waals surface area contributed by atoms with Gasteiger partial charge in [0.2, 0.25) is 0 Å². The van der Waals surface area contributed by atoms with E-state index >= 15 is 0 Å². The van der Waals surface area contributed by atoms with E-state index in [2.05, 4.69) is 224 Å². The Kier molecular flexibility index (Phi) is 10.2. The summed E-state index contributed by atoms with van der Waals surface area (Å²) in [4.78, 5) is 4.60. The second-order valence-corrected chi connectivity index (χ2v) is 16.1. The van der Waals surface area contributed by atoms with Gasteiger partial charge in [-0.25, -0.2) is 0 Å². The van der Waals surface area contributed by atoms with Gasteiger partial charge in [0, 0.05) is 67.0 Å². The third kappa shape index (κ3) is 7.27. The maximum atomic E-state index is 6.40. The van der Waals surface area contributed by atoms with Crippen LogP contribution in [0.4, 0.5) is 34.1 Å². The van der Waals surface area contributed by atoms with E-state index in [0.29, 0.717) is 0 Å². The maximum absolute atomic E-state index is 6.40. The third-order valence-electron chi connectivity index (χ3n) is 12.3. The molecule has 0 aliphatic heterocycles. The number of anilines is 6. The highest BCUT2D eigenvalue weighted by Crippen LogP contribution is 2.42. The Morgan fingerprint density at radius 1 is 0.400 bits per heavy atom. The highest BCUT2D eigenvalue weighted by atomic mass is 16.3. The molecule has 0 N–H and O–H groups in total. The molecule has 9 aromatic carbocycles. The molecular formula is C61H44N2O2. The lowest BCUT2D eigenvalue weighted by atomic mass is 9.98. The summed E-state index contributed by atoms with van der Waals surface area (Å²) in [5.41, 5.74) is 16.7. The third-order valence-corrected chi connectivity index (χ3v) is 12.3. The second kappa shape index (κ2) is 16.9. The minimum absolute atomic E-state index is 0.829. The Labute approximate surface area is 378 Å². The SMILES string of the molecule is C=Cc1c(/C(=C\C)c2ccc(N(c3ccccc3)c3ccc(-c4ccc(N(c5ccccc5)c5ccc(-c6cccc7c6oc6ccccc67)cc5)cc4)cc3)cc2)oc2ccccc12. The molecule has 0 radical (unpaired) electrons. The quantitative estimate of drug-likeness (QED) is 0.130. The summed E-state index contributed by atoms with van der Waals surface area (Å²) in [5.74, 6) is 0.829. The van der Waals surface area contributed by atoms with Crippen molar-refractivity contribution in [2.24, 2.45) is 0 Å². The molecule has 310 valence electrons. The first kappa shape index (κ1) is 39.3. The Morgan fingerprint density at radius 3 is 1.35 bits per heavy atom. The summed E-state index contributed by atoms with van der Waals surface area (Å²) in [7, 11) is 0. The smallest absolute Gasteiger partial charge is 0.143 e. The molecule has 0 saturated carbocycles. The normalized spacial score (nSPS) is 11.6. The molecule has 0 atom stereocenters. The minimum Gasteiger partial charge on any atom is -0.455 e. The lowest BCUT2D eigenvalue weighted by Gasteiger charge is -2.26. The van der Waals surface area contributed by atoms with Gasteiger partial charge in [0.1, 0.15) is 22.5 Å². The van der Waals surface area contributed by atoms with Crippen LogP contribution in [-0.4, -0.2) is 0 Å². The van der Waals surface area contributed by atoms with Crippen molar-refractivity contribution in [3.63, 3.8) is 0 Å². The number of fused-ring (bicyclic) bond motifs is 4. The second-order valence-electron chi connectivity index (χ2n) is 16.1. The zero-order chi connectivity index (χ0) is 43.7. The zero-order valence-corrected chi connectivity index (χ0v) is 35.9. The molecule has 11 rings (SSSR count). The molecule has 0 saturated heterocycles. The molecule has 65 heavy (non-hydrogen) atoms. The Hall–Kier alpha value is -8.60. The number of hydrogen-bond acceptors (Lipinski definition) is 4. The van der Waals surface area contributed by atoms with Crippen LogP contribution >= 0.6 is 0 Å². The average Bonchev–Trinajstić information content (AvgIpc) is 3.95. The fourth-order valence-corrected chi connectivity index (χ4v) is 9.11. The minimum atomic E-state index is 0.829. The number of hydrogen-bond donors (Lipinski definition) is 0. The molecule has 4 nitrogen and oxygen atoms in total. The van der Waals surface area contributed by atoms with Gasteiger partial charge in [0.25, 0.3) is 0 Å². The monoisotopic (exact) mass is 836 g/mol. The molecule has 2 aromatic heterocycles. The highest BCUT2D eigenvalue weighted by molar-refractivity contribution is 6.09. The summed E-state index contributed by atoms with van der Waals surface area (Å²) >= 11 is 0. The summed E-state index contributed by atoms with van der Waals surface area (Å²) in [6.07, 6.45) is 4.00. The van der Waals surface area contributed by atoms with Gasteiger partial charge in [-0.3, -0.25) is 0 Å². The van der Waals surface area contributed by atoms with Crippen LogP contribution in [0, 0.1) is 0 Å². The summed E-state index contributed by atoms with van der Waals surface area (Å²) in [5, 5.41) is 3.33. The summed E-state index contributed by atoms with van der Waals surface area (Å²) < 4.78 is 12.8. The predicted octanol–water partition coefficient (Wildman–Crippen LogP) is 17.7. The van der Waals surface area contributed by atoms with Crippen LogP contribution in [0.3, 0.4) is 0 Å². The van der Waals surface area contributed by atoms with E-state index in [1.54, 1.807) is 0 Å². The van der Waals surface area contributed by atoms with Gasteiger partial charge in [-0.05, 0) is 114 Å². The van der Waals surface area contributed by atoms with Crippen LogP contribution in [-0.2, 0) is 0 Å². The average molecular weight is 837 g/mol. The van der Waals surface area contributed by atoms with Gasteiger partial charge < -0.3 is 18.6 Å². The van der Waals surface area contributed by atoms with Gasteiger partial charge in [0.15, 0.2) is 0 Å². The topological polar surface area (TPSA) is 32.8 Å². The molecule has 0 aliphatic rings. The van der Waals surface area contributed by atoms with Crippen molar-refractivity contribution in [3.8, 4) is 22.3 Å². The number of nitrogens with zero attached hydrogens (tertiary/aromatic N) is 2. The van der Waals surface area contributed by atoms with E-state index in [4.69, 9.17) is 8.83 Å². The number of rotatable bonds is 11. The molecule has 11 aromatic rings. The van der Waals surface area contributed by atoms with Crippen LogP contribution in [0.1, 0.15) is 23.8 Å². The number of allylic oxidation sites excluding steroid dienone is 1. The number of furan rings is 2. The fraction of sp³-hybridized carbons (Fsp3) is 0.0164. The van der Waals surface area contributed by atoms with E-state index in [1.807, 2.05) is 36.4 Å². The van der Waals surface area contributed by atoms with E-state index in [-0.39, 0.29) is 0 Å². The molecule has 0 bridgehead atoms. The Balaban J connectivity index is 0.875. The Bertz CT molecular complexity index is 3470. The molecule has 0 fully saturated rings. The molecule has 4 heteroatoms. The summed E-state index contributed by atoms with van der Waals surface area (Å²) in [6.45, 7) is 6.17. The summed E-state index contributed by atoms with van der Waals surface area (Å²) in [6, 6.07) is 79.0. The van der Waals surface area contributed by atoms with Crippen molar-refractivity contribution >= 4 is 78.7 Å². The Morgan fingerprint density at radius 2 is 0.831 bits per heavy atom. The first-order chi connectivity index (χ1) is 32.1. The van der Waals surface area contributed by atoms with Gasteiger partial charge in [-0.1, -0.05) is 158 Å². The fourth-order valence-electron chi connectivity index (χ4n) is 9.11. The van der Waals surface area contributed by atoms with Gasteiger partial charge in [-0.15, -0.1) is 0 Å². The lowest BCUT2D eigenvalue weighted by molar-refractivity contribution is 0.599. The molecular weight excluding hydrogens is 793 g/mol. The van der Waals surface area contributed by atoms with Gasteiger partial charge >= 0.3 is 0 Å². The van der Waals surface area contributed by atoms with Crippen molar-refractivity contribution in [1.82, 2.24) is 0 Å². The molecule has 0 spiro atoms. The van der Waals surface area contributed by atoms with E-state index in [0.717, 1.165) is 112 Å². The number of benzene rings is 9. The predicted molar refractivity (Wildman–Crippen MR) is 273 cm³/mol. The zero-order valence-electron chi connectivity index (χ0n) is 35.9. The molecule has 0 amide bonds. The van der Waals surface area contributed by atoms with E-state index in [1.165, 1.54) is 0 Å². The largest absolute Gasteiger partial charge is 0.455 e. The number of para-hydroxylation sites is 5. The highest BCUT2D eigenvalue weighted by Gasteiger charge is 2.19. The molecule has 2 heterocycles. The van der Waals surface area contributed by atoms with Crippen molar-refractivity contribution < 1.29 is 8.83 Å². The van der Waals surface area contributed by atoms with Crippen LogP contribution in [0.25, 0.3) is 66.8 Å². The van der Waals surface area contributed by atoms with Gasteiger partial charge in [-0.2, -0.15) is 0 Å². The van der Waals surface area contributed by atoms with E-state index in [9.17, 15) is 0 Å². The standard InChI is InChI=1S/C61H44N2O2/c1-3-52(60-53(4-2)55-20-11-13-24-58(55)64-60)44-30-38-50(39-31-44)62(46-16-7-5-8-17-46)48-34-26-42(27-35-48)43-28-36-49(37-29-43)63(47-18-9-6-10-19-47)51-40-32-45(33-41-51)54-22-15-23-57-56-21-12-14-25-59(56)65-61(54)57/h3-41H,2H2,1H3/b52-3-. The molecule has 0 aliphatic carbocycles. The van der Waals surface area contributed by atoms with Crippen LogP contribution < -0.4 is 9.80 Å². The first-order valence-corrected chi connectivity index (χ1v) is 22.0. The molecule has 0 unspecified atom stereocenters. The van der Waals surface area contributed by atoms with Crippen LogP contribution in [0.5, 0.6) is 0 Å². The maximum Gasteiger partial charge on any atom is 0.143 e. The van der Waals surface area contributed by atoms with Crippen LogP contribution in [0.15, 0.2) is 246 Å². The lowest BCUT2D eigenvalue weighted by Crippen LogP contribution is -2.10. The van der Waals surface area contributed by atoms with Crippen molar-refractivity contribution in [3.05, 3.63) is 254 Å². The van der Waals surface area contributed by atoms with Crippen molar-refractivity contribution in [2.45, 2.75) is 6.92 Å². The van der Waals surface area contributed by atoms with Crippen molar-refractivity contribution in [2.75, 3.05) is 9.80 Å². The van der Waals surface area contributed by atoms with Crippen LogP contribution in [0.2, 0.25) is 0 Å².